The van der Waals surface area contributed by atoms with Crippen LogP contribution in [0.4, 0.5) is 5.69 Å². The van der Waals surface area contributed by atoms with Crippen LogP contribution in [0.3, 0.4) is 0 Å². The van der Waals surface area contributed by atoms with Crippen LogP contribution in [-0.4, -0.2) is 26.6 Å². The maximum absolute atomic E-state index is 13.4. The molecule has 0 aliphatic carbocycles. The highest BCUT2D eigenvalue weighted by Gasteiger charge is 2.40. The van der Waals surface area contributed by atoms with Gasteiger partial charge < -0.3 is 0 Å². The molecule has 0 N–H and O–H groups in total. The second kappa shape index (κ2) is 6.60. The van der Waals surface area contributed by atoms with Crippen molar-refractivity contribution in [3.05, 3.63) is 81.1 Å². The van der Waals surface area contributed by atoms with Gasteiger partial charge in [0.15, 0.2) is 5.65 Å². The zero-order chi connectivity index (χ0) is 21.2. The van der Waals surface area contributed by atoms with Gasteiger partial charge >= 0.3 is 0 Å². The van der Waals surface area contributed by atoms with Gasteiger partial charge in [-0.25, -0.2) is 14.6 Å². The van der Waals surface area contributed by atoms with E-state index < -0.39 is 0 Å². The molecule has 0 atom stereocenters. The SMILES string of the molecule is Cc1ccc(N2C(=O)c3cnc4c(c(C)nn4-c4ccc(Br)cc4)c3C2=O)cc1C. The highest BCUT2D eigenvalue weighted by atomic mass is 79.9. The van der Waals surface area contributed by atoms with E-state index in [-0.39, 0.29) is 11.8 Å². The van der Waals surface area contributed by atoms with Crippen LogP contribution in [0.2, 0.25) is 0 Å². The van der Waals surface area contributed by atoms with Crippen molar-refractivity contribution in [1.29, 1.82) is 0 Å². The largest absolute Gasteiger partial charge is 0.268 e. The lowest BCUT2D eigenvalue weighted by molar-refractivity contribution is 0.0926. The Balaban J connectivity index is 1.70. The molecule has 0 saturated carbocycles. The lowest BCUT2D eigenvalue weighted by Crippen LogP contribution is -2.29. The Bertz CT molecular complexity index is 1370. The Labute approximate surface area is 181 Å². The second-order valence-electron chi connectivity index (χ2n) is 7.43. The Morgan fingerprint density at radius 3 is 2.27 bits per heavy atom. The Morgan fingerprint density at radius 2 is 1.57 bits per heavy atom. The third kappa shape index (κ3) is 2.62. The first-order valence-electron chi connectivity index (χ1n) is 9.47. The van der Waals surface area contributed by atoms with Gasteiger partial charge in [0, 0.05) is 10.7 Å². The molecule has 0 bridgehead atoms. The number of aryl methyl sites for hydroxylation is 3. The number of halogens is 1. The van der Waals surface area contributed by atoms with Crippen LogP contribution in [0.15, 0.2) is 53.1 Å². The average Bonchev–Trinajstić information content (AvgIpc) is 3.19. The molecule has 6 nitrogen and oxygen atoms in total. The van der Waals surface area contributed by atoms with Crippen LogP contribution in [0.1, 0.15) is 37.5 Å². The molecule has 0 saturated heterocycles. The van der Waals surface area contributed by atoms with Gasteiger partial charge in [0.25, 0.3) is 11.8 Å². The second-order valence-corrected chi connectivity index (χ2v) is 8.35. The number of carbonyl (C=O) groups is 2. The summed E-state index contributed by atoms with van der Waals surface area (Å²) in [5.74, 6) is -0.701. The number of fused-ring (bicyclic) bond motifs is 3. The zero-order valence-electron chi connectivity index (χ0n) is 16.6. The van der Waals surface area contributed by atoms with E-state index in [1.165, 1.54) is 11.1 Å². The number of amides is 2. The van der Waals surface area contributed by atoms with Crippen molar-refractivity contribution in [2.24, 2.45) is 0 Å². The van der Waals surface area contributed by atoms with Gasteiger partial charge in [-0.15, -0.1) is 0 Å². The Hall–Kier alpha value is -3.32. The van der Waals surface area contributed by atoms with Crippen molar-refractivity contribution in [2.75, 3.05) is 4.90 Å². The number of imide groups is 1. The van der Waals surface area contributed by atoms with E-state index in [1.807, 2.05) is 57.2 Å². The van der Waals surface area contributed by atoms with E-state index in [9.17, 15) is 9.59 Å². The fourth-order valence-corrected chi connectivity index (χ4v) is 4.09. The Kier molecular flexibility index (Phi) is 4.11. The van der Waals surface area contributed by atoms with Crippen LogP contribution in [0.25, 0.3) is 16.7 Å². The third-order valence-corrected chi connectivity index (χ3v) is 6.07. The molecule has 2 aromatic heterocycles. The minimum absolute atomic E-state index is 0.309. The number of rotatable bonds is 2. The highest BCUT2D eigenvalue weighted by Crippen LogP contribution is 2.35. The molecule has 0 spiro atoms. The van der Waals surface area contributed by atoms with Crippen LogP contribution in [-0.2, 0) is 0 Å². The van der Waals surface area contributed by atoms with Gasteiger partial charge in [0.1, 0.15) is 0 Å². The van der Waals surface area contributed by atoms with E-state index in [0.717, 1.165) is 21.3 Å². The van der Waals surface area contributed by atoms with Gasteiger partial charge in [-0.3, -0.25) is 9.59 Å². The first-order chi connectivity index (χ1) is 14.4. The van der Waals surface area contributed by atoms with Gasteiger partial charge in [-0.05, 0) is 68.3 Å². The Morgan fingerprint density at radius 1 is 0.867 bits per heavy atom. The number of hydrogen-bond donors (Lipinski definition) is 0. The summed E-state index contributed by atoms with van der Waals surface area (Å²) in [6, 6.07) is 13.2. The molecule has 0 radical (unpaired) electrons. The monoisotopic (exact) mass is 460 g/mol. The molecule has 4 aromatic rings. The first-order valence-corrected chi connectivity index (χ1v) is 10.3. The molecule has 0 unspecified atom stereocenters. The standard InChI is InChI=1S/C23H17BrN4O2/c1-12-4-7-17(10-13(12)2)27-22(29)18-11-25-21-19(20(18)23(27)30)14(3)26-28(21)16-8-5-15(24)6-9-16/h4-11H,1-3H3. The predicted octanol–water partition coefficient (Wildman–Crippen LogP) is 4.91. The summed E-state index contributed by atoms with van der Waals surface area (Å²) >= 11 is 3.43. The summed E-state index contributed by atoms with van der Waals surface area (Å²) in [7, 11) is 0. The van der Waals surface area contributed by atoms with Gasteiger partial charge in [0.2, 0.25) is 0 Å². The lowest BCUT2D eigenvalue weighted by Gasteiger charge is -2.15. The van der Waals surface area contributed by atoms with Crippen molar-refractivity contribution in [1.82, 2.24) is 14.8 Å². The molecule has 7 heteroatoms. The van der Waals surface area contributed by atoms with Crippen molar-refractivity contribution in [2.45, 2.75) is 20.8 Å². The molecular formula is C23H17BrN4O2. The predicted molar refractivity (Wildman–Crippen MR) is 118 cm³/mol. The summed E-state index contributed by atoms with van der Waals surface area (Å²) in [5.41, 5.74) is 5.39. The minimum Gasteiger partial charge on any atom is -0.268 e. The van der Waals surface area contributed by atoms with E-state index >= 15 is 0 Å². The van der Waals surface area contributed by atoms with Gasteiger partial charge in [-0.1, -0.05) is 22.0 Å². The molecule has 1 aliphatic heterocycles. The number of anilines is 1. The fourth-order valence-electron chi connectivity index (χ4n) is 3.82. The number of benzene rings is 2. The van der Waals surface area contributed by atoms with Gasteiger partial charge in [0.05, 0.1) is 33.6 Å². The molecule has 1 aliphatic rings. The molecule has 148 valence electrons. The molecule has 5 rings (SSSR count). The molecular weight excluding hydrogens is 444 g/mol. The number of carbonyl (C=O) groups excluding carboxylic acids is 2. The number of aromatic nitrogens is 3. The maximum Gasteiger partial charge on any atom is 0.267 e. The normalized spacial score (nSPS) is 13.4. The van der Waals surface area contributed by atoms with E-state index in [2.05, 4.69) is 26.0 Å². The highest BCUT2D eigenvalue weighted by molar-refractivity contribution is 9.10. The van der Waals surface area contributed by atoms with E-state index in [4.69, 9.17) is 0 Å². The van der Waals surface area contributed by atoms with Crippen LogP contribution in [0.5, 0.6) is 0 Å². The molecule has 0 fully saturated rings. The van der Waals surface area contributed by atoms with Crippen LogP contribution in [0, 0.1) is 20.8 Å². The number of hydrogen-bond acceptors (Lipinski definition) is 4. The van der Waals surface area contributed by atoms with Crippen molar-refractivity contribution >= 4 is 44.5 Å². The summed E-state index contributed by atoms with van der Waals surface area (Å²) in [6.07, 6.45) is 1.48. The number of pyridine rings is 1. The van der Waals surface area contributed by atoms with Crippen molar-refractivity contribution < 1.29 is 9.59 Å². The molecule has 30 heavy (non-hydrogen) atoms. The summed E-state index contributed by atoms with van der Waals surface area (Å²) in [4.78, 5) is 32.2. The molecule has 2 amide bonds. The van der Waals surface area contributed by atoms with Crippen molar-refractivity contribution in [3.63, 3.8) is 0 Å². The topological polar surface area (TPSA) is 68.1 Å². The molecule has 2 aromatic carbocycles. The smallest absolute Gasteiger partial charge is 0.267 e. The van der Waals surface area contributed by atoms with Crippen molar-refractivity contribution in [3.8, 4) is 5.69 Å². The maximum atomic E-state index is 13.4. The summed E-state index contributed by atoms with van der Waals surface area (Å²) in [6.45, 7) is 5.79. The fraction of sp³-hybridized carbons (Fsp3) is 0.130. The van der Waals surface area contributed by atoms with E-state index in [1.54, 1.807) is 10.7 Å². The zero-order valence-corrected chi connectivity index (χ0v) is 18.2. The molecule has 3 heterocycles. The van der Waals surface area contributed by atoms with Crippen LogP contribution >= 0.6 is 15.9 Å². The summed E-state index contributed by atoms with van der Waals surface area (Å²) in [5, 5.41) is 5.22. The average molecular weight is 461 g/mol. The quantitative estimate of drug-likeness (QED) is 0.398. The minimum atomic E-state index is -0.358. The lowest BCUT2D eigenvalue weighted by atomic mass is 10.1. The van der Waals surface area contributed by atoms with E-state index in [0.29, 0.717) is 33.5 Å². The first kappa shape index (κ1) is 18.7. The summed E-state index contributed by atoms with van der Waals surface area (Å²) < 4.78 is 2.66. The third-order valence-electron chi connectivity index (χ3n) is 5.54. The van der Waals surface area contributed by atoms with Crippen LogP contribution < -0.4 is 4.90 Å². The number of nitrogens with zero attached hydrogens (tertiary/aromatic N) is 4. The van der Waals surface area contributed by atoms with Gasteiger partial charge in [-0.2, -0.15) is 5.10 Å².